The molecule has 0 bridgehead atoms. The van der Waals surface area contributed by atoms with Crippen LogP contribution in [0.3, 0.4) is 0 Å². The number of amides is 3. The van der Waals surface area contributed by atoms with Crippen LogP contribution < -0.4 is 16.1 Å². The Morgan fingerprint density at radius 2 is 1.81 bits per heavy atom. The van der Waals surface area contributed by atoms with E-state index in [9.17, 15) is 14.4 Å². The highest BCUT2D eigenvalue weighted by Gasteiger charge is 2.17. The van der Waals surface area contributed by atoms with Gasteiger partial charge in [0.05, 0.1) is 11.6 Å². The van der Waals surface area contributed by atoms with Crippen molar-refractivity contribution in [1.82, 2.24) is 10.8 Å². The lowest BCUT2D eigenvalue weighted by atomic mass is 10.1. The van der Waals surface area contributed by atoms with Crippen molar-refractivity contribution in [2.24, 2.45) is 0 Å². The molecule has 3 rings (SSSR count). The average Bonchev–Trinajstić information content (AvgIpc) is 2.71. The number of hydrogen-bond acceptors (Lipinski definition) is 6. The third-order valence-electron chi connectivity index (χ3n) is 4.05. The number of nitriles is 1. The molecule has 1 saturated heterocycles. The molecule has 168 valence electrons. The van der Waals surface area contributed by atoms with E-state index in [0.29, 0.717) is 23.4 Å². The van der Waals surface area contributed by atoms with Crippen LogP contribution >= 0.6 is 0 Å². The van der Waals surface area contributed by atoms with Crippen LogP contribution in [0.2, 0.25) is 0 Å². The average molecular weight is 438 g/mol. The molecule has 0 saturated carbocycles. The quantitative estimate of drug-likeness (QED) is 0.672. The van der Waals surface area contributed by atoms with E-state index in [4.69, 9.17) is 10.00 Å². The van der Waals surface area contributed by atoms with Crippen LogP contribution in [0.25, 0.3) is 0 Å². The number of hydrogen-bond donors (Lipinski definition) is 3. The van der Waals surface area contributed by atoms with E-state index in [-0.39, 0.29) is 18.4 Å². The van der Waals surface area contributed by atoms with Gasteiger partial charge in [-0.25, -0.2) is 10.3 Å². The number of rotatable bonds is 4. The van der Waals surface area contributed by atoms with Crippen LogP contribution in [-0.4, -0.2) is 30.1 Å². The number of ether oxygens (including phenoxy) is 1. The normalized spacial score (nSPS) is 12.2. The highest BCUT2D eigenvalue weighted by molar-refractivity contribution is 5.95. The highest BCUT2D eigenvalue weighted by Crippen LogP contribution is 2.18. The summed E-state index contributed by atoms with van der Waals surface area (Å²) in [7, 11) is 0. The molecule has 0 spiro atoms. The Labute approximate surface area is 186 Å². The summed E-state index contributed by atoms with van der Waals surface area (Å²) in [6.07, 6.45) is -0.538. The summed E-state index contributed by atoms with van der Waals surface area (Å²) in [5.74, 6) is -0.253. The van der Waals surface area contributed by atoms with Crippen LogP contribution in [0, 0.1) is 18.3 Å². The summed E-state index contributed by atoms with van der Waals surface area (Å²) >= 11 is 0. The fraction of sp³-hybridized carbons (Fsp3) is 0.304. The van der Waals surface area contributed by atoms with Crippen molar-refractivity contribution in [2.75, 3.05) is 11.9 Å². The van der Waals surface area contributed by atoms with Gasteiger partial charge in [-0.1, -0.05) is 12.1 Å². The van der Waals surface area contributed by atoms with Crippen molar-refractivity contribution in [3.05, 3.63) is 64.7 Å². The van der Waals surface area contributed by atoms with Gasteiger partial charge in [0.15, 0.2) is 6.61 Å². The first-order chi connectivity index (χ1) is 15.1. The maximum absolute atomic E-state index is 12.3. The molecule has 9 heteroatoms. The number of benzene rings is 2. The molecule has 3 amide bonds. The van der Waals surface area contributed by atoms with Gasteiger partial charge >= 0.3 is 6.09 Å². The van der Waals surface area contributed by atoms with E-state index in [1.54, 1.807) is 63.2 Å². The zero-order valence-corrected chi connectivity index (χ0v) is 18.4. The zero-order chi connectivity index (χ0) is 23.7. The van der Waals surface area contributed by atoms with E-state index in [0.717, 1.165) is 11.1 Å². The van der Waals surface area contributed by atoms with Gasteiger partial charge in [-0.05, 0) is 69.2 Å². The molecule has 2 aromatic carbocycles. The van der Waals surface area contributed by atoms with Crippen LogP contribution in [0.5, 0.6) is 0 Å². The Hall–Kier alpha value is -3.90. The number of aryl methyl sites for hydroxylation is 1. The highest BCUT2D eigenvalue weighted by atomic mass is 16.7. The van der Waals surface area contributed by atoms with E-state index < -0.39 is 11.7 Å². The van der Waals surface area contributed by atoms with Gasteiger partial charge in [0.25, 0.3) is 11.8 Å². The first-order valence-corrected chi connectivity index (χ1v) is 9.86. The monoisotopic (exact) mass is 438 g/mol. The van der Waals surface area contributed by atoms with E-state index >= 15 is 0 Å². The molecule has 3 N–H and O–H groups in total. The molecular weight excluding hydrogens is 412 g/mol. The minimum Gasteiger partial charge on any atom is -0.444 e. The predicted molar refractivity (Wildman–Crippen MR) is 117 cm³/mol. The lowest BCUT2D eigenvalue weighted by Crippen LogP contribution is -2.40. The lowest BCUT2D eigenvalue weighted by molar-refractivity contribution is -0.159. The maximum Gasteiger partial charge on any atom is 0.412 e. The molecule has 0 atom stereocenters. The molecule has 32 heavy (non-hydrogen) atoms. The largest absolute Gasteiger partial charge is 0.444 e. The van der Waals surface area contributed by atoms with Gasteiger partial charge in [-0.15, -0.1) is 0 Å². The first-order valence-electron chi connectivity index (χ1n) is 9.86. The lowest BCUT2D eigenvalue weighted by Gasteiger charge is -2.20. The topological polar surface area (TPSA) is 130 Å². The fourth-order valence-corrected chi connectivity index (χ4v) is 2.47. The van der Waals surface area contributed by atoms with Crippen LogP contribution in [0.4, 0.5) is 10.5 Å². The molecule has 1 heterocycles. The number of nitrogens with zero attached hydrogens (tertiary/aromatic N) is 1. The van der Waals surface area contributed by atoms with Crippen LogP contribution in [0.1, 0.15) is 47.8 Å². The molecule has 0 aromatic heterocycles. The first kappa shape index (κ1) is 24.4. The van der Waals surface area contributed by atoms with Gasteiger partial charge in [-0.3, -0.25) is 19.7 Å². The summed E-state index contributed by atoms with van der Waals surface area (Å²) < 4.78 is 5.23. The minimum atomic E-state index is -0.580. The van der Waals surface area contributed by atoms with Crippen molar-refractivity contribution in [3.8, 4) is 6.07 Å². The van der Waals surface area contributed by atoms with Crippen molar-refractivity contribution < 1.29 is 24.0 Å². The number of carbonyl (C=O) groups is 3. The Bertz CT molecular complexity index is 1010. The second-order valence-electron chi connectivity index (χ2n) is 7.96. The van der Waals surface area contributed by atoms with E-state index in [1.807, 2.05) is 6.92 Å². The molecule has 1 aliphatic heterocycles. The maximum atomic E-state index is 12.3. The van der Waals surface area contributed by atoms with Crippen molar-refractivity contribution >= 4 is 23.6 Å². The molecule has 2 aromatic rings. The van der Waals surface area contributed by atoms with Crippen molar-refractivity contribution in [2.45, 2.75) is 39.8 Å². The van der Waals surface area contributed by atoms with Gasteiger partial charge in [0.2, 0.25) is 0 Å². The summed E-state index contributed by atoms with van der Waals surface area (Å²) in [5.41, 5.74) is 4.82. The Morgan fingerprint density at radius 3 is 2.28 bits per heavy atom. The third-order valence-corrected chi connectivity index (χ3v) is 4.05. The van der Waals surface area contributed by atoms with Crippen LogP contribution in [-0.2, 0) is 20.9 Å². The molecule has 9 nitrogen and oxygen atoms in total. The standard InChI is InChI=1S/C21H23N3O3.C2H3NO2/c1-14-11-17(9-10-18(14)24-20(26)27-21(2,3)4)19(25)23-13-16-7-5-15(12-22)6-8-16;4-2-1-5-3-2/h5-11H,13H2,1-4H3,(H,23,25)(H,24,26);1H2,(H,3,4). The molecular formula is C23H26N4O5. The van der Waals surface area contributed by atoms with Crippen molar-refractivity contribution in [1.29, 1.82) is 5.26 Å². The number of anilines is 1. The second-order valence-corrected chi connectivity index (χ2v) is 7.96. The zero-order valence-electron chi connectivity index (χ0n) is 18.4. The number of carbonyl (C=O) groups excluding carboxylic acids is 3. The molecule has 1 aliphatic rings. The Morgan fingerprint density at radius 1 is 1.19 bits per heavy atom. The van der Waals surface area contributed by atoms with Gasteiger partial charge < -0.3 is 10.1 Å². The van der Waals surface area contributed by atoms with E-state index in [2.05, 4.69) is 27.0 Å². The SMILES string of the molecule is Cc1cc(C(=O)NCc2ccc(C#N)cc2)ccc1NC(=O)OC(C)(C)C.O=C1CON1. The van der Waals surface area contributed by atoms with E-state index in [1.165, 1.54) is 0 Å². The van der Waals surface area contributed by atoms with Gasteiger partial charge in [0.1, 0.15) is 5.60 Å². The summed E-state index contributed by atoms with van der Waals surface area (Å²) in [5, 5.41) is 14.3. The predicted octanol–water partition coefficient (Wildman–Crippen LogP) is 3.19. The minimum absolute atomic E-state index is 0.0370. The number of hydroxylamine groups is 1. The third kappa shape index (κ3) is 8.08. The molecule has 1 fully saturated rings. The van der Waals surface area contributed by atoms with Gasteiger partial charge in [-0.2, -0.15) is 5.26 Å². The molecule has 0 aliphatic carbocycles. The summed E-state index contributed by atoms with van der Waals surface area (Å²) in [4.78, 5) is 38.1. The Balaban J connectivity index is 0.000000636. The van der Waals surface area contributed by atoms with Crippen LogP contribution in [0.15, 0.2) is 42.5 Å². The second kappa shape index (κ2) is 10.9. The Kier molecular flexibility index (Phi) is 8.32. The van der Waals surface area contributed by atoms with Crippen molar-refractivity contribution in [3.63, 3.8) is 0 Å². The fourth-order valence-electron chi connectivity index (χ4n) is 2.47. The summed E-state index contributed by atoms with van der Waals surface area (Å²) in [6, 6.07) is 14.1. The number of nitrogens with one attached hydrogen (secondary N) is 3. The summed E-state index contributed by atoms with van der Waals surface area (Å²) in [6.45, 7) is 7.79. The molecule has 0 unspecified atom stereocenters. The smallest absolute Gasteiger partial charge is 0.412 e. The van der Waals surface area contributed by atoms with Gasteiger partial charge in [0, 0.05) is 17.8 Å². The molecule has 0 radical (unpaired) electrons.